The summed E-state index contributed by atoms with van der Waals surface area (Å²) in [5.41, 5.74) is 4.90. The third-order valence-corrected chi connectivity index (χ3v) is 1.30. The Morgan fingerprint density at radius 3 is 2.38 bits per heavy atom. The van der Waals surface area contributed by atoms with Crippen molar-refractivity contribution in [3.8, 4) is 5.75 Å². The molecule has 70 valence electrons. The van der Waals surface area contributed by atoms with E-state index >= 15 is 0 Å². The summed E-state index contributed by atoms with van der Waals surface area (Å²) in [6, 6.07) is 3.15. The monoisotopic (exact) mass is 187 g/mol. The van der Waals surface area contributed by atoms with Crippen molar-refractivity contribution in [1.82, 2.24) is 0 Å². The lowest BCUT2D eigenvalue weighted by Crippen LogP contribution is -2.20. The first-order chi connectivity index (χ1) is 6.15. The SMILES string of the molecule is NCC(=O)Oc1c(F)cccc1F. The predicted molar refractivity (Wildman–Crippen MR) is 41.0 cm³/mol. The molecule has 0 unspecified atom stereocenters. The largest absolute Gasteiger partial charge is 0.419 e. The molecule has 0 fully saturated rings. The summed E-state index contributed by atoms with van der Waals surface area (Å²) in [6.07, 6.45) is 0. The van der Waals surface area contributed by atoms with Crippen LogP contribution in [0.1, 0.15) is 0 Å². The number of para-hydroxylation sites is 1. The first-order valence-electron chi connectivity index (χ1n) is 3.50. The van der Waals surface area contributed by atoms with Crippen LogP contribution >= 0.6 is 0 Å². The first-order valence-corrected chi connectivity index (χ1v) is 3.50. The van der Waals surface area contributed by atoms with Gasteiger partial charge in [0, 0.05) is 0 Å². The minimum Gasteiger partial charge on any atom is -0.419 e. The maximum atomic E-state index is 12.8. The van der Waals surface area contributed by atoms with E-state index in [0.29, 0.717) is 0 Å². The van der Waals surface area contributed by atoms with Gasteiger partial charge < -0.3 is 10.5 Å². The molecule has 0 atom stereocenters. The normalized spacial score (nSPS) is 9.77. The van der Waals surface area contributed by atoms with E-state index in [-0.39, 0.29) is 0 Å². The van der Waals surface area contributed by atoms with Gasteiger partial charge in [0.25, 0.3) is 0 Å². The van der Waals surface area contributed by atoms with Crippen LogP contribution in [0.3, 0.4) is 0 Å². The minimum absolute atomic E-state index is 0.423. The number of benzene rings is 1. The highest BCUT2D eigenvalue weighted by molar-refractivity contribution is 5.74. The molecular formula is C8H7F2NO2. The van der Waals surface area contributed by atoms with Crippen LogP contribution in [0.25, 0.3) is 0 Å². The van der Waals surface area contributed by atoms with Crippen molar-refractivity contribution in [2.24, 2.45) is 5.73 Å². The molecule has 1 aromatic carbocycles. The van der Waals surface area contributed by atoms with Gasteiger partial charge in [-0.25, -0.2) is 8.78 Å². The Hall–Kier alpha value is -1.49. The van der Waals surface area contributed by atoms with Gasteiger partial charge in [0.2, 0.25) is 5.75 Å². The zero-order valence-corrected chi connectivity index (χ0v) is 6.59. The maximum Gasteiger partial charge on any atom is 0.325 e. The van der Waals surface area contributed by atoms with Crippen LogP contribution in [0.15, 0.2) is 18.2 Å². The minimum atomic E-state index is -0.929. The lowest BCUT2D eigenvalue weighted by atomic mass is 10.3. The molecule has 5 heteroatoms. The van der Waals surface area contributed by atoms with Crippen LogP contribution in [0.4, 0.5) is 8.78 Å². The summed E-state index contributed by atoms with van der Waals surface area (Å²) >= 11 is 0. The molecule has 0 bridgehead atoms. The van der Waals surface area contributed by atoms with Crippen molar-refractivity contribution in [1.29, 1.82) is 0 Å². The van der Waals surface area contributed by atoms with Gasteiger partial charge in [0.05, 0.1) is 6.54 Å². The van der Waals surface area contributed by atoms with Crippen LogP contribution in [0, 0.1) is 11.6 Å². The summed E-state index contributed by atoms with van der Waals surface area (Å²) in [4.78, 5) is 10.6. The zero-order chi connectivity index (χ0) is 9.84. The Bertz CT molecular complexity index is 308. The Morgan fingerprint density at radius 1 is 1.38 bits per heavy atom. The lowest BCUT2D eigenvalue weighted by molar-refractivity contribution is -0.133. The molecule has 0 saturated carbocycles. The fraction of sp³-hybridized carbons (Fsp3) is 0.125. The number of ether oxygens (including phenoxy) is 1. The molecule has 1 aromatic rings. The summed E-state index contributed by atoms with van der Waals surface area (Å²) in [7, 11) is 0. The van der Waals surface area contributed by atoms with E-state index in [0.717, 1.165) is 12.1 Å². The highest BCUT2D eigenvalue weighted by Crippen LogP contribution is 2.20. The third-order valence-electron chi connectivity index (χ3n) is 1.30. The topological polar surface area (TPSA) is 52.3 Å². The summed E-state index contributed by atoms with van der Waals surface area (Å²) < 4.78 is 29.9. The van der Waals surface area contributed by atoms with Gasteiger partial charge in [-0.2, -0.15) is 0 Å². The van der Waals surface area contributed by atoms with E-state index < -0.39 is 29.9 Å². The molecule has 0 saturated heterocycles. The third kappa shape index (κ3) is 2.22. The molecule has 0 aliphatic heterocycles. The molecule has 0 amide bonds. The molecule has 0 aliphatic rings. The Labute approximate surface area is 73.1 Å². The molecule has 3 nitrogen and oxygen atoms in total. The van der Waals surface area contributed by atoms with Crippen LogP contribution in [-0.4, -0.2) is 12.5 Å². The average molecular weight is 187 g/mol. The van der Waals surface area contributed by atoms with Crippen molar-refractivity contribution in [3.63, 3.8) is 0 Å². The van der Waals surface area contributed by atoms with Crippen LogP contribution in [0.5, 0.6) is 5.75 Å². The smallest absolute Gasteiger partial charge is 0.325 e. The van der Waals surface area contributed by atoms with Gasteiger partial charge in [0.15, 0.2) is 11.6 Å². The van der Waals surface area contributed by atoms with Crippen LogP contribution in [0.2, 0.25) is 0 Å². The van der Waals surface area contributed by atoms with Gasteiger partial charge in [-0.3, -0.25) is 4.79 Å². The molecule has 13 heavy (non-hydrogen) atoms. The number of halogens is 2. The van der Waals surface area contributed by atoms with E-state index in [1.165, 1.54) is 6.07 Å². The second-order valence-electron chi connectivity index (χ2n) is 2.23. The highest BCUT2D eigenvalue weighted by atomic mass is 19.1. The first kappa shape index (κ1) is 9.60. The summed E-state index contributed by atoms with van der Waals surface area (Å²) in [5, 5.41) is 0. The fourth-order valence-electron chi connectivity index (χ4n) is 0.736. The predicted octanol–water partition coefficient (Wildman–Crippen LogP) is 0.829. The Morgan fingerprint density at radius 2 is 1.92 bits per heavy atom. The number of rotatable bonds is 2. The van der Waals surface area contributed by atoms with Crippen LogP contribution in [-0.2, 0) is 4.79 Å². The fourth-order valence-corrected chi connectivity index (χ4v) is 0.736. The van der Waals surface area contributed by atoms with Crippen molar-refractivity contribution >= 4 is 5.97 Å². The Kier molecular flexibility index (Phi) is 2.92. The van der Waals surface area contributed by atoms with E-state index in [1.807, 2.05) is 0 Å². The number of esters is 1. The standard InChI is InChI=1S/C8H7F2NO2/c9-5-2-1-3-6(10)8(5)13-7(12)4-11/h1-3H,4,11H2. The van der Waals surface area contributed by atoms with Gasteiger partial charge in [-0.1, -0.05) is 6.07 Å². The van der Waals surface area contributed by atoms with Crippen molar-refractivity contribution in [3.05, 3.63) is 29.8 Å². The van der Waals surface area contributed by atoms with E-state index in [1.54, 1.807) is 0 Å². The highest BCUT2D eigenvalue weighted by Gasteiger charge is 2.12. The van der Waals surface area contributed by atoms with Gasteiger partial charge in [0.1, 0.15) is 0 Å². The van der Waals surface area contributed by atoms with E-state index in [9.17, 15) is 13.6 Å². The average Bonchev–Trinajstić information content (AvgIpc) is 2.11. The van der Waals surface area contributed by atoms with Crippen LogP contribution < -0.4 is 10.5 Å². The molecule has 0 aliphatic carbocycles. The summed E-state index contributed by atoms with van der Waals surface area (Å²) in [5.74, 6) is -3.45. The van der Waals surface area contributed by atoms with Crippen molar-refractivity contribution < 1.29 is 18.3 Å². The molecule has 0 radical (unpaired) electrons. The van der Waals surface area contributed by atoms with Gasteiger partial charge in [-0.15, -0.1) is 0 Å². The number of carbonyl (C=O) groups excluding carboxylic acids is 1. The quantitative estimate of drug-likeness (QED) is 0.551. The van der Waals surface area contributed by atoms with Gasteiger partial charge >= 0.3 is 5.97 Å². The lowest BCUT2D eigenvalue weighted by Gasteiger charge is -2.03. The molecular weight excluding hydrogens is 180 g/mol. The van der Waals surface area contributed by atoms with Gasteiger partial charge in [-0.05, 0) is 12.1 Å². The molecule has 2 N–H and O–H groups in total. The second kappa shape index (κ2) is 3.95. The number of hydrogen-bond donors (Lipinski definition) is 1. The summed E-state index contributed by atoms with van der Waals surface area (Å²) in [6.45, 7) is -0.423. The molecule has 0 aromatic heterocycles. The second-order valence-corrected chi connectivity index (χ2v) is 2.23. The van der Waals surface area contributed by atoms with E-state index in [4.69, 9.17) is 5.73 Å². The van der Waals surface area contributed by atoms with E-state index in [2.05, 4.69) is 4.74 Å². The molecule has 0 spiro atoms. The molecule has 1 rings (SSSR count). The van der Waals surface area contributed by atoms with Crippen molar-refractivity contribution in [2.45, 2.75) is 0 Å². The van der Waals surface area contributed by atoms with Crippen molar-refractivity contribution in [2.75, 3.05) is 6.54 Å². The Balaban J connectivity index is 2.93. The number of nitrogens with two attached hydrogens (primary N) is 1. The molecule has 0 heterocycles. The zero-order valence-electron chi connectivity index (χ0n) is 6.59. The maximum absolute atomic E-state index is 12.8. The number of carbonyl (C=O) groups is 1. The number of hydrogen-bond acceptors (Lipinski definition) is 3.